The van der Waals surface area contributed by atoms with Crippen molar-refractivity contribution in [2.45, 2.75) is 33.6 Å². The Kier molecular flexibility index (Phi) is 6.23. The number of nitrogens with one attached hydrogen (secondary N) is 1. The fourth-order valence-electron chi connectivity index (χ4n) is 1.95. The molecule has 0 spiro atoms. The summed E-state index contributed by atoms with van der Waals surface area (Å²) in [6.45, 7) is 7.56. The second kappa shape index (κ2) is 7.93. The van der Waals surface area contributed by atoms with Crippen molar-refractivity contribution in [2.75, 3.05) is 6.54 Å². The average molecular weight is 354 g/mol. The van der Waals surface area contributed by atoms with Crippen LogP contribution in [0.3, 0.4) is 0 Å². The fourth-order valence-corrected chi connectivity index (χ4v) is 3.37. The number of halogens is 1. The lowest BCUT2D eigenvalue weighted by molar-refractivity contribution is 0.106. The molecule has 2 nitrogen and oxygen atoms in total. The molecule has 1 aromatic heterocycles. The summed E-state index contributed by atoms with van der Waals surface area (Å²) < 4.78 is 6.95. The van der Waals surface area contributed by atoms with Crippen LogP contribution in [0.5, 0.6) is 0 Å². The summed E-state index contributed by atoms with van der Waals surface area (Å²) in [6.07, 6.45) is 0. The first-order valence-electron chi connectivity index (χ1n) is 6.80. The Labute approximate surface area is 133 Å². The first kappa shape index (κ1) is 15.7. The van der Waals surface area contributed by atoms with E-state index in [1.165, 1.54) is 20.9 Å². The molecule has 108 valence electrons. The van der Waals surface area contributed by atoms with E-state index in [2.05, 4.69) is 47.2 Å². The van der Waals surface area contributed by atoms with Crippen molar-refractivity contribution in [1.82, 2.24) is 5.32 Å². The standard InChI is InChI=1S/C16H20BrNOS/c1-3-18-9-15-8-14(12(2)20-15)11-19-10-13-6-4-5-7-16(13)17/h4-8,18H,3,9-11H2,1-2H3. The Morgan fingerprint density at radius 3 is 2.70 bits per heavy atom. The normalized spacial score (nSPS) is 10.9. The average Bonchev–Trinajstić information content (AvgIpc) is 2.79. The molecule has 1 N–H and O–H groups in total. The van der Waals surface area contributed by atoms with Crippen LogP contribution in [0.15, 0.2) is 34.8 Å². The predicted octanol–water partition coefficient (Wildman–Crippen LogP) is 4.65. The topological polar surface area (TPSA) is 21.3 Å². The highest BCUT2D eigenvalue weighted by molar-refractivity contribution is 9.10. The lowest BCUT2D eigenvalue weighted by Gasteiger charge is -2.06. The molecule has 0 bridgehead atoms. The zero-order chi connectivity index (χ0) is 14.4. The second-order valence-electron chi connectivity index (χ2n) is 4.66. The SMILES string of the molecule is CCNCc1cc(COCc2ccccc2Br)c(C)s1. The van der Waals surface area contributed by atoms with Gasteiger partial charge in [0.1, 0.15) is 0 Å². The monoisotopic (exact) mass is 353 g/mol. The Hall–Kier alpha value is -0.680. The van der Waals surface area contributed by atoms with Crippen LogP contribution < -0.4 is 5.32 Å². The van der Waals surface area contributed by atoms with Crippen LogP contribution in [0, 0.1) is 6.92 Å². The van der Waals surface area contributed by atoms with E-state index in [9.17, 15) is 0 Å². The minimum Gasteiger partial charge on any atom is -0.372 e. The summed E-state index contributed by atoms with van der Waals surface area (Å²) in [6, 6.07) is 10.4. The summed E-state index contributed by atoms with van der Waals surface area (Å²) in [5, 5.41) is 3.36. The van der Waals surface area contributed by atoms with E-state index in [1.54, 1.807) is 0 Å². The molecule has 0 atom stereocenters. The molecule has 1 aromatic carbocycles. The number of hydrogen-bond donors (Lipinski definition) is 1. The molecule has 0 unspecified atom stereocenters. The van der Waals surface area contributed by atoms with E-state index in [4.69, 9.17) is 4.74 Å². The highest BCUT2D eigenvalue weighted by atomic mass is 79.9. The molecule has 0 aliphatic heterocycles. The maximum Gasteiger partial charge on any atom is 0.0732 e. The van der Waals surface area contributed by atoms with Gasteiger partial charge in [0, 0.05) is 20.8 Å². The van der Waals surface area contributed by atoms with Crippen molar-refractivity contribution in [3.63, 3.8) is 0 Å². The van der Waals surface area contributed by atoms with Gasteiger partial charge in [-0.1, -0.05) is 41.1 Å². The smallest absolute Gasteiger partial charge is 0.0732 e. The van der Waals surface area contributed by atoms with Crippen LogP contribution in [-0.4, -0.2) is 6.54 Å². The van der Waals surface area contributed by atoms with Gasteiger partial charge < -0.3 is 10.1 Å². The number of aryl methyl sites for hydroxylation is 1. The van der Waals surface area contributed by atoms with Crippen LogP contribution in [0.1, 0.15) is 27.8 Å². The van der Waals surface area contributed by atoms with E-state index in [1.807, 2.05) is 29.5 Å². The van der Waals surface area contributed by atoms with Crippen molar-refractivity contribution < 1.29 is 4.74 Å². The Bertz CT molecular complexity index is 553. The molecule has 20 heavy (non-hydrogen) atoms. The molecule has 2 rings (SSSR count). The maximum atomic E-state index is 5.84. The van der Waals surface area contributed by atoms with Crippen LogP contribution >= 0.6 is 27.3 Å². The van der Waals surface area contributed by atoms with Gasteiger partial charge in [-0.05, 0) is 36.7 Å². The van der Waals surface area contributed by atoms with Crippen molar-refractivity contribution in [1.29, 1.82) is 0 Å². The van der Waals surface area contributed by atoms with Gasteiger partial charge in [-0.15, -0.1) is 11.3 Å². The first-order valence-corrected chi connectivity index (χ1v) is 8.41. The molecular formula is C16H20BrNOS. The van der Waals surface area contributed by atoms with E-state index in [0.717, 1.165) is 17.6 Å². The van der Waals surface area contributed by atoms with Gasteiger partial charge in [-0.3, -0.25) is 0 Å². The summed E-state index contributed by atoms with van der Waals surface area (Å²) in [5.74, 6) is 0. The van der Waals surface area contributed by atoms with Crippen LogP contribution in [-0.2, 0) is 24.5 Å². The molecule has 0 radical (unpaired) electrons. The Balaban J connectivity index is 1.88. The minimum atomic E-state index is 0.638. The van der Waals surface area contributed by atoms with Crippen molar-refractivity contribution in [3.8, 4) is 0 Å². The summed E-state index contributed by atoms with van der Waals surface area (Å²) >= 11 is 5.40. The highest BCUT2D eigenvalue weighted by Crippen LogP contribution is 2.23. The molecule has 0 aliphatic rings. The van der Waals surface area contributed by atoms with Crippen molar-refractivity contribution in [3.05, 3.63) is 55.7 Å². The van der Waals surface area contributed by atoms with Gasteiger partial charge in [0.15, 0.2) is 0 Å². The van der Waals surface area contributed by atoms with E-state index in [0.29, 0.717) is 13.2 Å². The fraction of sp³-hybridized carbons (Fsp3) is 0.375. The summed E-state index contributed by atoms with van der Waals surface area (Å²) in [7, 11) is 0. The maximum absolute atomic E-state index is 5.84. The zero-order valence-electron chi connectivity index (χ0n) is 11.9. The van der Waals surface area contributed by atoms with Gasteiger partial charge in [-0.25, -0.2) is 0 Å². The van der Waals surface area contributed by atoms with E-state index < -0.39 is 0 Å². The largest absolute Gasteiger partial charge is 0.372 e. The van der Waals surface area contributed by atoms with Crippen LogP contribution in [0.25, 0.3) is 0 Å². The highest BCUT2D eigenvalue weighted by Gasteiger charge is 2.06. The predicted molar refractivity (Wildman–Crippen MR) is 89.1 cm³/mol. The number of benzene rings is 1. The zero-order valence-corrected chi connectivity index (χ0v) is 14.3. The molecule has 1 heterocycles. The molecule has 0 amide bonds. The quantitative estimate of drug-likeness (QED) is 0.782. The third-order valence-corrected chi connectivity index (χ3v) is 4.96. The number of rotatable bonds is 7. The molecule has 0 aliphatic carbocycles. The lowest BCUT2D eigenvalue weighted by atomic mass is 10.2. The number of ether oxygens (including phenoxy) is 1. The Morgan fingerprint density at radius 1 is 1.20 bits per heavy atom. The minimum absolute atomic E-state index is 0.638. The summed E-state index contributed by atoms with van der Waals surface area (Å²) in [4.78, 5) is 2.73. The molecule has 2 aromatic rings. The molecule has 0 saturated carbocycles. The molecule has 4 heteroatoms. The van der Waals surface area contributed by atoms with Gasteiger partial charge in [0.2, 0.25) is 0 Å². The van der Waals surface area contributed by atoms with Crippen LogP contribution in [0.4, 0.5) is 0 Å². The van der Waals surface area contributed by atoms with Gasteiger partial charge in [-0.2, -0.15) is 0 Å². The Morgan fingerprint density at radius 2 is 1.95 bits per heavy atom. The third-order valence-electron chi connectivity index (χ3n) is 3.09. The lowest BCUT2D eigenvalue weighted by Crippen LogP contribution is -2.10. The molecule has 0 fully saturated rings. The van der Waals surface area contributed by atoms with Gasteiger partial charge in [0.05, 0.1) is 13.2 Å². The van der Waals surface area contributed by atoms with Crippen molar-refractivity contribution >= 4 is 27.3 Å². The van der Waals surface area contributed by atoms with Crippen LogP contribution in [0.2, 0.25) is 0 Å². The van der Waals surface area contributed by atoms with E-state index >= 15 is 0 Å². The number of thiophene rings is 1. The second-order valence-corrected chi connectivity index (χ2v) is 6.85. The number of hydrogen-bond acceptors (Lipinski definition) is 3. The van der Waals surface area contributed by atoms with Gasteiger partial charge >= 0.3 is 0 Å². The van der Waals surface area contributed by atoms with Gasteiger partial charge in [0.25, 0.3) is 0 Å². The summed E-state index contributed by atoms with van der Waals surface area (Å²) in [5.41, 5.74) is 2.49. The molecule has 0 saturated heterocycles. The van der Waals surface area contributed by atoms with E-state index in [-0.39, 0.29) is 0 Å². The third kappa shape index (κ3) is 4.42. The molecular weight excluding hydrogens is 334 g/mol. The van der Waals surface area contributed by atoms with Crippen molar-refractivity contribution in [2.24, 2.45) is 0 Å². The first-order chi connectivity index (χ1) is 9.70.